The fourth-order valence-electron chi connectivity index (χ4n) is 3.12. The van der Waals surface area contributed by atoms with E-state index in [-0.39, 0.29) is 0 Å². The standard InChI is InChI=1S/C18H30N2/c1-3-4-8-13-20-15-18(19-12-11-16(20)2)14-17-9-6-5-7-10-17/h5-7,9-10,16,18-19H,3-4,8,11-15H2,1-2H3. The van der Waals surface area contributed by atoms with Gasteiger partial charge in [-0.1, -0.05) is 50.1 Å². The molecule has 1 aromatic rings. The van der Waals surface area contributed by atoms with Crippen LogP contribution in [0.3, 0.4) is 0 Å². The molecular weight excluding hydrogens is 244 g/mol. The summed E-state index contributed by atoms with van der Waals surface area (Å²) < 4.78 is 0. The van der Waals surface area contributed by atoms with Crippen molar-refractivity contribution in [1.29, 1.82) is 0 Å². The van der Waals surface area contributed by atoms with Crippen molar-refractivity contribution in [3.8, 4) is 0 Å². The van der Waals surface area contributed by atoms with Gasteiger partial charge in [0.05, 0.1) is 0 Å². The Bertz CT molecular complexity index is 363. The van der Waals surface area contributed by atoms with Gasteiger partial charge in [0, 0.05) is 18.6 Å². The summed E-state index contributed by atoms with van der Waals surface area (Å²) in [5.74, 6) is 0. The lowest BCUT2D eigenvalue weighted by Crippen LogP contribution is -2.41. The minimum Gasteiger partial charge on any atom is -0.312 e. The Morgan fingerprint density at radius 1 is 1.20 bits per heavy atom. The molecule has 0 radical (unpaired) electrons. The topological polar surface area (TPSA) is 15.3 Å². The predicted molar refractivity (Wildman–Crippen MR) is 87.1 cm³/mol. The minimum atomic E-state index is 0.601. The average Bonchev–Trinajstić information content (AvgIpc) is 2.63. The highest BCUT2D eigenvalue weighted by molar-refractivity contribution is 5.16. The van der Waals surface area contributed by atoms with Gasteiger partial charge in [-0.25, -0.2) is 0 Å². The molecule has 2 nitrogen and oxygen atoms in total. The molecule has 0 spiro atoms. The normalized spacial score (nSPS) is 24.5. The molecule has 0 bridgehead atoms. The van der Waals surface area contributed by atoms with Crippen LogP contribution in [0.5, 0.6) is 0 Å². The number of rotatable bonds is 6. The summed E-state index contributed by atoms with van der Waals surface area (Å²) in [5.41, 5.74) is 1.45. The highest BCUT2D eigenvalue weighted by Gasteiger charge is 2.22. The average molecular weight is 274 g/mol. The van der Waals surface area contributed by atoms with Crippen molar-refractivity contribution in [3.05, 3.63) is 35.9 Å². The fraction of sp³-hybridized carbons (Fsp3) is 0.667. The summed E-state index contributed by atoms with van der Waals surface area (Å²) in [4.78, 5) is 2.70. The van der Waals surface area contributed by atoms with E-state index in [1.807, 2.05) is 0 Å². The van der Waals surface area contributed by atoms with Crippen molar-refractivity contribution in [2.45, 2.75) is 58.0 Å². The first-order valence-corrected chi connectivity index (χ1v) is 8.31. The largest absolute Gasteiger partial charge is 0.312 e. The van der Waals surface area contributed by atoms with E-state index in [4.69, 9.17) is 0 Å². The monoisotopic (exact) mass is 274 g/mol. The SMILES string of the molecule is CCCCCN1CC(Cc2ccccc2)NCCC1C. The summed E-state index contributed by atoms with van der Waals surface area (Å²) in [6, 6.07) is 12.2. The summed E-state index contributed by atoms with van der Waals surface area (Å²) in [6.07, 6.45) is 6.45. The van der Waals surface area contributed by atoms with Gasteiger partial charge in [0.25, 0.3) is 0 Å². The summed E-state index contributed by atoms with van der Waals surface area (Å²) in [5, 5.41) is 3.74. The zero-order valence-corrected chi connectivity index (χ0v) is 13.1. The van der Waals surface area contributed by atoms with Crippen molar-refractivity contribution in [2.24, 2.45) is 0 Å². The molecule has 0 aliphatic carbocycles. The number of benzene rings is 1. The summed E-state index contributed by atoms with van der Waals surface area (Å²) in [7, 11) is 0. The molecule has 1 heterocycles. The third-order valence-corrected chi connectivity index (χ3v) is 4.45. The Hall–Kier alpha value is -0.860. The van der Waals surface area contributed by atoms with Crippen LogP contribution in [0.4, 0.5) is 0 Å². The molecule has 0 saturated carbocycles. The first-order valence-electron chi connectivity index (χ1n) is 8.31. The maximum absolute atomic E-state index is 3.74. The van der Waals surface area contributed by atoms with Gasteiger partial charge in [-0.15, -0.1) is 0 Å². The lowest BCUT2D eigenvalue weighted by Gasteiger charge is -2.29. The lowest BCUT2D eigenvalue weighted by molar-refractivity contribution is 0.200. The molecule has 1 aromatic carbocycles. The van der Waals surface area contributed by atoms with Crippen molar-refractivity contribution in [1.82, 2.24) is 10.2 Å². The highest BCUT2D eigenvalue weighted by atomic mass is 15.2. The van der Waals surface area contributed by atoms with Crippen molar-refractivity contribution in [2.75, 3.05) is 19.6 Å². The van der Waals surface area contributed by atoms with E-state index in [9.17, 15) is 0 Å². The quantitative estimate of drug-likeness (QED) is 0.799. The van der Waals surface area contributed by atoms with Crippen molar-refractivity contribution >= 4 is 0 Å². The Balaban J connectivity index is 1.89. The van der Waals surface area contributed by atoms with E-state index >= 15 is 0 Å². The van der Waals surface area contributed by atoms with Gasteiger partial charge in [-0.2, -0.15) is 0 Å². The van der Waals surface area contributed by atoms with E-state index in [0.717, 1.165) is 19.0 Å². The zero-order chi connectivity index (χ0) is 14.2. The molecule has 2 unspecified atom stereocenters. The van der Waals surface area contributed by atoms with Gasteiger partial charge in [-0.05, 0) is 44.8 Å². The van der Waals surface area contributed by atoms with Gasteiger partial charge in [-0.3, -0.25) is 4.90 Å². The van der Waals surface area contributed by atoms with Crippen LogP contribution in [0.15, 0.2) is 30.3 Å². The summed E-state index contributed by atoms with van der Waals surface area (Å²) in [6.45, 7) is 8.29. The van der Waals surface area contributed by atoms with Crippen LogP contribution >= 0.6 is 0 Å². The van der Waals surface area contributed by atoms with Crippen LogP contribution in [0, 0.1) is 0 Å². The molecule has 112 valence electrons. The van der Waals surface area contributed by atoms with E-state index in [1.165, 1.54) is 44.3 Å². The second-order valence-electron chi connectivity index (χ2n) is 6.18. The number of unbranched alkanes of at least 4 members (excludes halogenated alkanes) is 2. The van der Waals surface area contributed by atoms with Crippen LogP contribution in [-0.4, -0.2) is 36.6 Å². The van der Waals surface area contributed by atoms with E-state index in [0.29, 0.717) is 6.04 Å². The van der Waals surface area contributed by atoms with Crippen LogP contribution < -0.4 is 5.32 Å². The van der Waals surface area contributed by atoms with Crippen LogP contribution in [-0.2, 0) is 6.42 Å². The predicted octanol–water partition coefficient (Wildman–Crippen LogP) is 3.47. The number of nitrogens with zero attached hydrogens (tertiary/aromatic N) is 1. The number of hydrogen-bond acceptors (Lipinski definition) is 2. The highest BCUT2D eigenvalue weighted by Crippen LogP contribution is 2.13. The number of nitrogens with one attached hydrogen (secondary N) is 1. The molecule has 0 aromatic heterocycles. The smallest absolute Gasteiger partial charge is 0.0235 e. The molecular formula is C18H30N2. The van der Waals surface area contributed by atoms with Crippen LogP contribution in [0.2, 0.25) is 0 Å². The van der Waals surface area contributed by atoms with Crippen LogP contribution in [0.25, 0.3) is 0 Å². The van der Waals surface area contributed by atoms with Crippen LogP contribution in [0.1, 0.15) is 45.1 Å². The molecule has 1 aliphatic rings. The maximum atomic E-state index is 3.74. The van der Waals surface area contributed by atoms with E-state index in [2.05, 4.69) is 54.4 Å². The third-order valence-electron chi connectivity index (χ3n) is 4.45. The van der Waals surface area contributed by atoms with Gasteiger partial charge in [0.15, 0.2) is 0 Å². The van der Waals surface area contributed by atoms with Crippen molar-refractivity contribution < 1.29 is 0 Å². The van der Waals surface area contributed by atoms with Gasteiger partial charge in [0.2, 0.25) is 0 Å². The second-order valence-corrected chi connectivity index (χ2v) is 6.18. The molecule has 2 atom stereocenters. The molecule has 1 aliphatic heterocycles. The molecule has 1 fully saturated rings. The van der Waals surface area contributed by atoms with Gasteiger partial charge >= 0.3 is 0 Å². The maximum Gasteiger partial charge on any atom is 0.0235 e. The molecule has 1 saturated heterocycles. The summed E-state index contributed by atoms with van der Waals surface area (Å²) >= 11 is 0. The fourth-order valence-corrected chi connectivity index (χ4v) is 3.12. The molecule has 1 N–H and O–H groups in total. The molecule has 2 heteroatoms. The van der Waals surface area contributed by atoms with E-state index in [1.54, 1.807) is 0 Å². The van der Waals surface area contributed by atoms with Gasteiger partial charge in [0.1, 0.15) is 0 Å². The zero-order valence-electron chi connectivity index (χ0n) is 13.1. The van der Waals surface area contributed by atoms with Gasteiger partial charge < -0.3 is 5.32 Å². The Morgan fingerprint density at radius 3 is 2.75 bits per heavy atom. The lowest BCUT2D eigenvalue weighted by atomic mass is 10.1. The third kappa shape index (κ3) is 4.92. The first kappa shape index (κ1) is 15.5. The van der Waals surface area contributed by atoms with Crippen molar-refractivity contribution in [3.63, 3.8) is 0 Å². The Kier molecular flexibility index (Phi) is 6.55. The Labute approximate surface area is 124 Å². The second kappa shape index (κ2) is 8.43. The molecule has 0 amide bonds. The molecule has 2 rings (SSSR count). The first-order chi connectivity index (χ1) is 9.79. The number of hydrogen-bond donors (Lipinski definition) is 1. The Morgan fingerprint density at radius 2 is 2.00 bits per heavy atom. The van der Waals surface area contributed by atoms with E-state index < -0.39 is 0 Å². The minimum absolute atomic E-state index is 0.601. The molecule has 20 heavy (non-hydrogen) atoms.